The molecule has 0 spiro atoms. The minimum atomic E-state index is -0.804. The number of unbranched alkanes of at least 4 members (excludes halogenated alkanes) is 23. The second-order valence-electron chi connectivity index (χ2n) is 20.6. The normalized spacial score (nSPS) is 13.0. The first-order valence-electron chi connectivity index (χ1n) is 31.7. The fraction of sp³-hybridized carbons (Fsp3) is 0.648. The van der Waals surface area contributed by atoms with Crippen molar-refractivity contribution in [1.29, 1.82) is 0 Å². The summed E-state index contributed by atoms with van der Waals surface area (Å²) < 4.78 is 16.8. The van der Waals surface area contributed by atoms with Gasteiger partial charge in [-0.05, 0) is 116 Å². The van der Waals surface area contributed by atoms with Gasteiger partial charge in [-0.1, -0.05) is 276 Å². The molecule has 6 heteroatoms. The molecule has 77 heavy (non-hydrogen) atoms. The minimum absolute atomic E-state index is 0.0970. The van der Waals surface area contributed by atoms with Crippen molar-refractivity contribution in [3.05, 3.63) is 134 Å². The summed E-state index contributed by atoms with van der Waals surface area (Å²) in [4.78, 5) is 38.2. The Morgan fingerprint density at radius 1 is 0.273 bits per heavy atom. The van der Waals surface area contributed by atoms with Crippen LogP contribution < -0.4 is 0 Å². The summed E-state index contributed by atoms with van der Waals surface area (Å²) in [5.74, 6) is -0.943. The average molecular weight is 1070 g/mol. The zero-order valence-corrected chi connectivity index (χ0v) is 49.9. The lowest BCUT2D eigenvalue weighted by Gasteiger charge is -2.18. The van der Waals surface area contributed by atoms with E-state index in [0.717, 1.165) is 122 Å². The summed E-state index contributed by atoms with van der Waals surface area (Å²) >= 11 is 0. The number of ether oxygens (including phenoxy) is 3. The lowest BCUT2D eigenvalue weighted by atomic mass is 10.0. The quantitative estimate of drug-likeness (QED) is 0.0261. The first kappa shape index (κ1) is 72.5. The van der Waals surface area contributed by atoms with E-state index in [2.05, 4.69) is 154 Å². The molecular weight excluding hydrogens is 949 g/mol. The number of hydrogen-bond donors (Lipinski definition) is 0. The molecule has 0 bridgehead atoms. The van der Waals surface area contributed by atoms with Crippen LogP contribution in [0.4, 0.5) is 0 Å². The minimum Gasteiger partial charge on any atom is -0.462 e. The van der Waals surface area contributed by atoms with Gasteiger partial charge in [0.2, 0.25) is 0 Å². The number of rotatable bonds is 56. The van der Waals surface area contributed by atoms with E-state index < -0.39 is 6.10 Å². The second-order valence-corrected chi connectivity index (χ2v) is 20.6. The highest BCUT2D eigenvalue weighted by atomic mass is 16.6. The highest BCUT2D eigenvalue weighted by molar-refractivity contribution is 5.71. The third-order valence-electron chi connectivity index (χ3n) is 13.2. The fourth-order valence-corrected chi connectivity index (χ4v) is 8.47. The molecule has 0 aliphatic rings. The Kier molecular flexibility index (Phi) is 60.4. The molecule has 6 nitrogen and oxygen atoms in total. The van der Waals surface area contributed by atoms with E-state index in [1.807, 2.05) is 0 Å². The predicted molar refractivity (Wildman–Crippen MR) is 334 cm³/mol. The smallest absolute Gasteiger partial charge is 0.306 e. The van der Waals surface area contributed by atoms with Crippen LogP contribution in [-0.2, 0) is 28.6 Å². The molecule has 0 amide bonds. The van der Waals surface area contributed by atoms with Crippen LogP contribution in [0.25, 0.3) is 0 Å². The van der Waals surface area contributed by atoms with E-state index >= 15 is 0 Å². The van der Waals surface area contributed by atoms with Gasteiger partial charge in [0.15, 0.2) is 6.10 Å². The number of carbonyl (C=O) groups excluding carboxylic acids is 3. The number of allylic oxidation sites excluding steroid dienone is 22. The van der Waals surface area contributed by atoms with Gasteiger partial charge in [-0.2, -0.15) is 0 Å². The van der Waals surface area contributed by atoms with E-state index in [4.69, 9.17) is 14.2 Å². The Morgan fingerprint density at radius 3 is 0.818 bits per heavy atom. The van der Waals surface area contributed by atoms with Gasteiger partial charge in [0.25, 0.3) is 0 Å². The molecule has 0 N–H and O–H groups in total. The molecule has 0 rings (SSSR count). The van der Waals surface area contributed by atoms with Gasteiger partial charge in [0.1, 0.15) is 13.2 Å². The average Bonchev–Trinajstić information content (AvgIpc) is 3.43. The fourth-order valence-electron chi connectivity index (χ4n) is 8.47. The molecule has 1 unspecified atom stereocenters. The molecule has 0 aliphatic carbocycles. The highest BCUT2D eigenvalue weighted by Gasteiger charge is 2.19. The molecule has 436 valence electrons. The maximum Gasteiger partial charge on any atom is 0.306 e. The van der Waals surface area contributed by atoms with Crippen LogP contribution in [0.1, 0.15) is 278 Å². The number of carbonyl (C=O) groups is 3. The van der Waals surface area contributed by atoms with E-state index in [9.17, 15) is 14.4 Å². The summed E-state index contributed by atoms with van der Waals surface area (Å²) in [6.45, 7) is 6.36. The standard InChI is InChI=1S/C71H116O6/c1-4-7-10-13-16-19-21-23-25-27-29-31-32-33-34-35-36-37-38-40-41-43-45-47-49-52-55-58-61-64-70(73)76-67-68(66-75-69(72)63-60-57-54-51-18-15-12-9-6-3)77-71(74)65-62-59-56-53-50-48-46-44-42-39-30-28-26-24-22-20-17-14-11-8-5-2/h7-8,10-11,16-17,19-20,23-26,29-31,33-34,39,44,46,50,53,68H,4-6,9,12-15,18,21-22,27-28,32,35-38,40-43,45,47-49,51-52,54-67H2,1-3H3/b10-7-,11-8-,19-16-,20-17-,25-23-,26-24-,31-29-,34-33-,39-30-,46-44-,53-50-. The van der Waals surface area contributed by atoms with Crippen LogP contribution in [0.5, 0.6) is 0 Å². The first-order valence-corrected chi connectivity index (χ1v) is 31.7. The lowest BCUT2D eigenvalue weighted by molar-refractivity contribution is -0.167. The zero-order valence-electron chi connectivity index (χ0n) is 49.9. The Balaban J connectivity index is 4.27. The maximum atomic E-state index is 12.9. The molecule has 1 atom stereocenters. The van der Waals surface area contributed by atoms with Crippen molar-refractivity contribution < 1.29 is 28.6 Å². The van der Waals surface area contributed by atoms with Crippen molar-refractivity contribution >= 4 is 17.9 Å². The molecule has 0 aliphatic heterocycles. The van der Waals surface area contributed by atoms with Crippen molar-refractivity contribution in [3.8, 4) is 0 Å². The third kappa shape index (κ3) is 62.3. The molecule has 0 aromatic rings. The first-order chi connectivity index (χ1) is 38.0. The van der Waals surface area contributed by atoms with E-state index in [-0.39, 0.29) is 37.5 Å². The summed E-state index contributed by atoms with van der Waals surface area (Å²) in [6, 6.07) is 0. The van der Waals surface area contributed by atoms with Crippen molar-refractivity contribution in [2.45, 2.75) is 284 Å². The molecule has 0 heterocycles. The molecule has 0 aromatic carbocycles. The monoisotopic (exact) mass is 1060 g/mol. The maximum absolute atomic E-state index is 12.9. The van der Waals surface area contributed by atoms with Crippen LogP contribution in [0.3, 0.4) is 0 Å². The largest absolute Gasteiger partial charge is 0.462 e. The van der Waals surface area contributed by atoms with Crippen molar-refractivity contribution in [2.24, 2.45) is 0 Å². The van der Waals surface area contributed by atoms with Gasteiger partial charge in [0, 0.05) is 19.3 Å². The van der Waals surface area contributed by atoms with Gasteiger partial charge in [-0.25, -0.2) is 0 Å². The van der Waals surface area contributed by atoms with Crippen LogP contribution in [0, 0.1) is 0 Å². The predicted octanol–water partition coefficient (Wildman–Crippen LogP) is 21.8. The van der Waals surface area contributed by atoms with Gasteiger partial charge >= 0.3 is 17.9 Å². The Morgan fingerprint density at radius 2 is 0.506 bits per heavy atom. The number of hydrogen-bond acceptors (Lipinski definition) is 6. The molecule has 0 radical (unpaired) electrons. The van der Waals surface area contributed by atoms with Crippen molar-refractivity contribution in [3.63, 3.8) is 0 Å². The molecule has 0 aromatic heterocycles. The summed E-state index contributed by atoms with van der Waals surface area (Å²) in [5.41, 5.74) is 0. The van der Waals surface area contributed by atoms with Crippen molar-refractivity contribution in [2.75, 3.05) is 13.2 Å². The topological polar surface area (TPSA) is 78.9 Å². The number of esters is 3. The van der Waals surface area contributed by atoms with Crippen LogP contribution >= 0.6 is 0 Å². The van der Waals surface area contributed by atoms with E-state index in [0.29, 0.717) is 19.3 Å². The van der Waals surface area contributed by atoms with Crippen molar-refractivity contribution in [1.82, 2.24) is 0 Å². The zero-order chi connectivity index (χ0) is 55.7. The van der Waals surface area contributed by atoms with Gasteiger partial charge < -0.3 is 14.2 Å². The molecule has 0 saturated heterocycles. The molecular formula is C71H116O6. The second kappa shape index (κ2) is 64.1. The van der Waals surface area contributed by atoms with Gasteiger partial charge in [-0.15, -0.1) is 0 Å². The third-order valence-corrected chi connectivity index (χ3v) is 13.2. The van der Waals surface area contributed by atoms with Crippen LogP contribution in [0.15, 0.2) is 134 Å². The molecule has 0 saturated carbocycles. The Bertz CT molecular complexity index is 1650. The SMILES string of the molecule is CC/C=C\C/C=C\C/C=C\C/C=C\C/C=C\C/C=C\CCCCC(=O)OC(COC(=O)CCCCCCCCCCC)COC(=O)CCCCCCCCCCCCCCC/C=C\C/C=C\C/C=C\C/C=C\C/C=C\CC. The highest BCUT2D eigenvalue weighted by Crippen LogP contribution is 2.15. The summed E-state index contributed by atoms with van der Waals surface area (Å²) in [7, 11) is 0. The Hall–Kier alpha value is -4.45. The van der Waals surface area contributed by atoms with Gasteiger partial charge in [-0.3, -0.25) is 14.4 Å². The van der Waals surface area contributed by atoms with Gasteiger partial charge in [0.05, 0.1) is 0 Å². The Labute approximate surface area is 475 Å². The van der Waals surface area contributed by atoms with E-state index in [1.54, 1.807) is 0 Å². The summed E-state index contributed by atoms with van der Waals surface area (Å²) in [5, 5.41) is 0. The van der Waals surface area contributed by atoms with Crippen LogP contribution in [-0.4, -0.2) is 37.2 Å². The summed E-state index contributed by atoms with van der Waals surface area (Å²) in [6.07, 6.45) is 90.4. The molecule has 0 fully saturated rings. The van der Waals surface area contributed by atoms with Crippen LogP contribution in [0.2, 0.25) is 0 Å². The lowest BCUT2D eigenvalue weighted by Crippen LogP contribution is -2.30. The van der Waals surface area contributed by atoms with E-state index in [1.165, 1.54) is 109 Å².